The molecule has 0 aliphatic heterocycles. The van der Waals surface area contributed by atoms with E-state index in [2.05, 4.69) is 43.4 Å². The first-order valence-corrected chi connectivity index (χ1v) is 7.92. The lowest BCUT2D eigenvalue weighted by Gasteiger charge is -2.26. The topological polar surface area (TPSA) is 12.9 Å². The van der Waals surface area contributed by atoms with Gasteiger partial charge in [0.05, 0.1) is 9.62 Å². The number of aromatic nitrogens is 1. The van der Waals surface area contributed by atoms with E-state index in [1.54, 1.807) is 16.7 Å². The van der Waals surface area contributed by atoms with Gasteiger partial charge in [0.1, 0.15) is 0 Å². The van der Waals surface area contributed by atoms with Gasteiger partial charge in [-0.25, -0.2) is 0 Å². The van der Waals surface area contributed by atoms with E-state index < -0.39 is 0 Å². The van der Waals surface area contributed by atoms with Gasteiger partial charge in [-0.1, -0.05) is 43.4 Å². The zero-order valence-corrected chi connectivity index (χ0v) is 13.1. The van der Waals surface area contributed by atoms with Gasteiger partial charge in [-0.05, 0) is 54.2 Å². The van der Waals surface area contributed by atoms with Crippen molar-refractivity contribution in [3.8, 4) is 0 Å². The number of rotatable bonds is 0. The van der Waals surface area contributed by atoms with Crippen LogP contribution in [0.2, 0.25) is 0 Å². The quantitative estimate of drug-likeness (QED) is 0.507. The Morgan fingerprint density at radius 2 is 1.88 bits per heavy atom. The van der Waals surface area contributed by atoms with E-state index in [0.29, 0.717) is 3.92 Å². The number of hydrogen-bond donors (Lipinski definition) is 0. The van der Waals surface area contributed by atoms with Crippen molar-refractivity contribution in [1.29, 1.82) is 0 Å². The van der Waals surface area contributed by atoms with Crippen molar-refractivity contribution in [3.05, 3.63) is 28.1 Å². The summed E-state index contributed by atoms with van der Waals surface area (Å²) in [5.41, 5.74) is 7.95. The average molecular weight is 341 g/mol. The number of aryl methyl sites for hydroxylation is 1. The minimum Gasteiger partial charge on any atom is -0.256 e. The Morgan fingerprint density at radius 3 is 2.59 bits per heavy atom. The Balaban J connectivity index is 2.28. The molecule has 17 heavy (non-hydrogen) atoms. The summed E-state index contributed by atoms with van der Waals surface area (Å²) in [6.07, 6.45) is 6.30. The monoisotopic (exact) mass is 341 g/mol. The Kier molecular flexibility index (Phi) is 2.77. The third-order valence-electron chi connectivity index (χ3n) is 4.05. The van der Waals surface area contributed by atoms with Crippen LogP contribution in [0.5, 0.6) is 0 Å². The van der Waals surface area contributed by atoms with Crippen LogP contribution in [0.3, 0.4) is 0 Å². The third kappa shape index (κ3) is 1.83. The number of fused-ring (bicyclic) bond motifs is 2. The summed E-state index contributed by atoms with van der Waals surface area (Å²) in [7, 11) is 0. The second-order valence-corrected chi connectivity index (χ2v) is 7.89. The molecule has 92 valence electrons. The summed E-state index contributed by atoms with van der Waals surface area (Å²) in [6.45, 7) is 7.09. The van der Waals surface area contributed by atoms with E-state index in [-0.39, 0.29) is 5.41 Å². The molecule has 0 radical (unpaired) electrons. The molecule has 1 unspecified atom stereocenters. The molecule has 2 aliphatic carbocycles. The van der Waals surface area contributed by atoms with Gasteiger partial charge in [0, 0.05) is 5.69 Å². The van der Waals surface area contributed by atoms with Crippen molar-refractivity contribution in [2.75, 3.05) is 0 Å². The van der Waals surface area contributed by atoms with Crippen molar-refractivity contribution in [2.45, 2.75) is 62.2 Å². The number of nitrogens with zero attached hydrogens (tertiary/aromatic N) is 1. The summed E-state index contributed by atoms with van der Waals surface area (Å²) in [4.78, 5) is 4.98. The van der Waals surface area contributed by atoms with Crippen LogP contribution in [0.4, 0.5) is 0 Å². The molecule has 3 rings (SSSR count). The Labute approximate surface area is 118 Å². The van der Waals surface area contributed by atoms with Crippen LogP contribution in [0.1, 0.15) is 65.6 Å². The molecule has 2 heteroatoms. The summed E-state index contributed by atoms with van der Waals surface area (Å²) >= 11 is 2.57. The highest BCUT2D eigenvalue weighted by atomic mass is 127. The summed E-state index contributed by atoms with van der Waals surface area (Å²) in [5.74, 6) is 0. The van der Waals surface area contributed by atoms with Crippen molar-refractivity contribution in [1.82, 2.24) is 4.98 Å². The molecule has 0 saturated carbocycles. The summed E-state index contributed by atoms with van der Waals surface area (Å²) in [5, 5.41) is 0. The molecule has 1 atom stereocenters. The van der Waals surface area contributed by atoms with Crippen LogP contribution >= 0.6 is 22.6 Å². The van der Waals surface area contributed by atoms with Gasteiger partial charge >= 0.3 is 0 Å². The normalized spacial score (nSPS) is 22.7. The van der Waals surface area contributed by atoms with E-state index in [4.69, 9.17) is 4.98 Å². The standard InChI is InChI=1S/C15H20IN/c1-15(2,3)13-9-5-4-6-12(9)17-14-10(13)7-8-11(14)16/h11H,4-8H2,1-3H3. The second-order valence-electron chi connectivity index (χ2n) is 6.39. The average Bonchev–Trinajstić information content (AvgIpc) is 2.81. The summed E-state index contributed by atoms with van der Waals surface area (Å²) < 4.78 is 0.648. The lowest BCUT2D eigenvalue weighted by atomic mass is 9.80. The molecule has 1 heterocycles. The molecule has 1 aromatic heterocycles. The van der Waals surface area contributed by atoms with Crippen LogP contribution in [-0.2, 0) is 24.7 Å². The highest BCUT2D eigenvalue weighted by Crippen LogP contribution is 2.45. The van der Waals surface area contributed by atoms with Crippen LogP contribution in [-0.4, -0.2) is 4.98 Å². The highest BCUT2D eigenvalue weighted by Gasteiger charge is 2.33. The lowest BCUT2D eigenvalue weighted by molar-refractivity contribution is 0.575. The molecule has 0 spiro atoms. The molecule has 0 aromatic carbocycles. The van der Waals surface area contributed by atoms with Crippen molar-refractivity contribution < 1.29 is 0 Å². The Bertz CT molecular complexity index is 471. The third-order valence-corrected chi connectivity index (χ3v) is 5.26. The van der Waals surface area contributed by atoms with Crippen LogP contribution in [0.15, 0.2) is 0 Å². The van der Waals surface area contributed by atoms with Gasteiger partial charge in [-0.15, -0.1) is 0 Å². The fraction of sp³-hybridized carbons (Fsp3) is 0.667. The van der Waals surface area contributed by atoms with Gasteiger partial charge in [0.25, 0.3) is 0 Å². The summed E-state index contributed by atoms with van der Waals surface area (Å²) in [6, 6.07) is 0. The lowest BCUT2D eigenvalue weighted by Crippen LogP contribution is -2.18. The van der Waals surface area contributed by atoms with E-state index in [1.165, 1.54) is 43.5 Å². The predicted molar refractivity (Wildman–Crippen MR) is 80.0 cm³/mol. The van der Waals surface area contributed by atoms with Crippen molar-refractivity contribution in [2.24, 2.45) is 0 Å². The van der Waals surface area contributed by atoms with Crippen molar-refractivity contribution in [3.63, 3.8) is 0 Å². The van der Waals surface area contributed by atoms with Gasteiger partial charge in [-0.2, -0.15) is 0 Å². The number of hydrogen-bond acceptors (Lipinski definition) is 1. The van der Waals surface area contributed by atoms with Crippen LogP contribution < -0.4 is 0 Å². The van der Waals surface area contributed by atoms with Gasteiger partial charge in [0.15, 0.2) is 0 Å². The first kappa shape index (κ1) is 11.9. The molecule has 0 amide bonds. The first-order chi connectivity index (χ1) is 7.98. The van der Waals surface area contributed by atoms with E-state index >= 15 is 0 Å². The van der Waals surface area contributed by atoms with Gasteiger partial charge in [0.2, 0.25) is 0 Å². The first-order valence-electron chi connectivity index (χ1n) is 6.67. The van der Waals surface area contributed by atoms with E-state index in [1.807, 2.05) is 0 Å². The van der Waals surface area contributed by atoms with Crippen LogP contribution in [0.25, 0.3) is 0 Å². The van der Waals surface area contributed by atoms with Gasteiger partial charge in [-0.3, -0.25) is 4.98 Å². The van der Waals surface area contributed by atoms with E-state index in [9.17, 15) is 0 Å². The number of pyridine rings is 1. The molecule has 1 aromatic rings. The maximum Gasteiger partial charge on any atom is 0.0570 e. The zero-order chi connectivity index (χ0) is 12.2. The molecule has 1 nitrogen and oxygen atoms in total. The molecular formula is C15H20IN. The molecular weight excluding hydrogens is 321 g/mol. The predicted octanol–water partition coefficient (Wildman–Crippen LogP) is 4.29. The Morgan fingerprint density at radius 1 is 1.12 bits per heavy atom. The van der Waals surface area contributed by atoms with Crippen LogP contribution in [0, 0.1) is 0 Å². The zero-order valence-electron chi connectivity index (χ0n) is 10.9. The maximum absolute atomic E-state index is 4.98. The molecule has 2 aliphatic rings. The minimum absolute atomic E-state index is 0.280. The molecule has 0 saturated heterocycles. The fourth-order valence-corrected chi connectivity index (χ4v) is 4.30. The SMILES string of the molecule is CC(C)(C)c1c2c(nc3c1CCC3I)CCC2. The highest BCUT2D eigenvalue weighted by molar-refractivity contribution is 14.1. The minimum atomic E-state index is 0.280. The smallest absolute Gasteiger partial charge is 0.0570 e. The maximum atomic E-state index is 4.98. The largest absolute Gasteiger partial charge is 0.256 e. The molecule has 0 bridgehead atoms. The number of alkyl halides is 1. The molecule has 0 fully saturated rings. The van der Waals surface area contributed by atoms with Crippen molar-refractivity contribution >= 4 is 22.6 Å². The van der Waals surface area contributed by atoms with E-state index in [0.717, 1.165) is 0 Å². The number of halogens is 1. The second kappa shape index (κ2) is 3.94. The van der Waals surface area contributed by atoms with Gasteiger partial charge < -0.3 is 0 Å². The molecule has 0 N–H and O–H groups in total. The Hall–Kier alpha value is -0.120. The fourth-order valence-electron chi connectivity index (χ4n) is 3.47.